The first-order chi connectivity index (χ1) is 11.8. The molecule has 0 aromatic heterocycles. The van der Waals surface area contributed by atoms with Gasteiger partial charge in [-0.1, -0.05) is 48.4 Å². The Morgan fingerprint density at radius 2 is 1.72 bits per heavy atom. The molecule has 0 amide bonds. The first-order valence-corrected chi connectivity index (χ1v) is 10.4. The van der Waals surface area contributed by atoms with Gasteiger partial charge in [-0.15, -0.1) is 0 Å². The second-order valence-corrected chi connectivity index (χ2v) is 9.85. The van der Waals surface area contributed by atoms with Crippen molar-refractivity contribution in [2.75, 3.05) is 6.54 Å². The number of hydrogen-bond donors (Lipinski definition) is 0. The first kappa shape index (κ1) is 16.8. The third-order valence-corrected chi connectivity index (χ3v) is 7.94. The van der Waals surface area contributed by atoms with Gasteiger partial charge in [-0.3, -0.25) is 0 Å². The molecule has 1 fully saturated rings. The maximum absolute atomic E-state index is 13.2. The molecule has 3 nitrogen and oxygen atoms in total. The minimum Gasteiger partial charge on any atom is -0.207 e. The van der Waals surface area contributed by atoms with Crippen LogP contribution in [0.25, 0.3) is 0 Å². The van der Waals surface area contributed by atoms with Crippen LogP contribution in [0.5, 0.6) is 0 Å². The Hall–Kier alpha value is -1.65. The molecule has 1 aliphatic carbocycles. The van der Waals surface area contributed by atoms with E-state index in [2.05, 4.69) is 32.0 Å². The summed E-state index contributed by atoms with van der Waals surface area (Å²) in [5.74, 6) is 0. The van der Waals surface area contributed by atoms with Crippen molar-refractivity contribution in [3.8, 4) is 0 Å². The van der Waals surface area contributed by atoms with Crippen LogP contribution < -0.4 is 0 Å². The summed E-state index contributed by atoms with van der Waals surface area (Å²) in [7, 11) is -3.43. The van der Waals surface area contributed by atoms with Crippen molar-refractivity contribution in [3.63, 3.8) is 0 Å². The van der Waals surface area contributed by atoms with Crippen LogP contribution >= 0.6 is 0 Å². The SMILES string of the molecule is Cc1ccc(S(=O)(=O)N2CC[C@@]3(C)C[C@@H]2Cc2ccc(C)cc23)cc1. The van der Waals surface area contributed by atoms with E-state index in [1.807, 2.05) is 19.1 Å². The molecule has 2 atom stereocenters. The van der Waals surface area contributed by atoms with Gasteiger partial charge >= 0.3 is 0 Å². The summed E-state index contributed by atoms with van der Waals surface area (Å²) in [6, 6.07) is 13.9. The summed E-state index contributed by atoms with van der Waals surface area (Å²) in [5.41, 5.74) is 5.19. The fourth-order valence-corrected chi connectivity index (χ4v) is 6.15. The molecule has 1 aliphatic heterocycles. The van der Waals surface area contributed by atoms with Crippen molar-refractivity contribution in [1.82, 2.24) is 4.31 Å². The van der Waals surface area contributed by atoms with Gasteiger partial charge in [0.05, 0.1) is 4.90 Å². The van der Waals surface area contributed by atoms with Crippen molar-refractivity contribution in [1.29, 1.82) is 0 Å². The molecular weight excluding hydrogens is 330 g/mol. The number of nitrogens with zero attached hydrogens (tertiary/aromatic N) is 1. The van der Waals surface area contributed by atoms with Crippen molar-refractivity contribution >= 4 is 10.0 Å². The van der Waals surface area contributed by atoms with E-state index in [-0.39, 0.29) is 11.5 Å². The third-order valence-electron chi connectivity index (χ3n) is 5.98. The molecule has 1 saturated heterocycles. The highest BCUT2D eigenvalue weighted by Crippen LogP contribution is 2.46. The molecule has 25 heavy (non-hydrogen) atoms. The van der Waals surface area contributed by atoms with Gasteiger partial charge < -0.3 is 0 Å². The van der Waals surface area contributed by atoms with Gasteiger partial charge in [0.25, 0.3) is 0 Å². The fourth-order valence-electron chi connectivity index (χ4n) is 4.53. The third kappa shape index (κ3) is 2.72. The van der Waals surface area contributed by atoms with Crippen molar-refractivity contribution in [2.24, 2.45) is 0 Å². The predicted molar refractivity (Wildman–Crippen MR) is 100 cm³/mol. The van der Waals surface area contributed by atoms with E-state index < -0.39 is 10.0 Å². The predicted octanol–water partition coefficient (Wildman–Crippen LogP) is 3.97. The zero-order chi connectivity index (χ0) is 17.8. The Labute approximate surface area is 150 Å². The van der Waals surface area contributed by atoms with Gasteiger partial charge in [-0.2, -0.15) is 4.31 Å². The molecule has 4 rings (SSSR count). The van der Waals surface area contributed by atoms with Gasteiger partial charge in [-0.05, 0) is 61.8 Å². The maximum Gasteiger partial charge on any atom is 0.243 e. The van der Waals surface area contributed by atoms with Crippen molar-refractivity contribution in [3.05, 3.63) is 64.7 Å². The zero-order valence-corrected chi connectivity index (χ0v) is 15.9. The van der Waals surface area contributed by atoms with E-state index >= 15 is 0 Å². The van der Waals surface area contributed by atoms with E-state index in [1.54, 1.807) is 16.4 Å². The minimum absolute atomic E-state index is 0.0558. The molecule has 0 saturated carbocycles. The molecule has 2 aromatic carbocycles. The first-order valence-electron chi connectivity index (χ1n) is 8.98. The lowest BCUT2D eigenvalue weighted by atomic mass is 9.65. The lowest BCUT2D eigenvalue weighted by Gasteiger charge is -2.49. The second kappa shape index (κ2) is 5.68. The number of piperidine rings is 1. The number of fused-ring (bicyclic) bond motifs is 4. The summed E-state index contributed by atoms with van der Waals surface area (Å²) >= 11 is 0. The van der Waals surface area contributed by atoms with Gasteiger partial charge in [-0.25, -0.2) is 8.42 Å². The van der Waals surface area contributed by atoms with Crippen molar-refractivity contribution < 1.29 is 8.42 Å². The largest absolute Gasteiger partial charge is 0.243 e. The topological polar surface area (TPSA) is 37.4 Å². The standard InChI is InChI=1S/C21H25NO2S/c1-15-5-8-19(9-6-15)25(23,24)22-11-10-21(3)14-18(22)13-17-7-4-16(2)12-20(17)21/h4-9,12,18H,10-11,13-14H2,1-3H3/t18-,21-/m0/s1. The van der Waals surface area contributed by atoms with E-state index in [4.69, 9.17) is 0 Å². The quantitative estimate of drug-likeness (QED) is 0.817. The van der Waals surface area contributed by atoms with E-state index in [9.17, 15) is 8.42 Å². The highest BCUT2D eigenvalue weighted by atomic mass is 32.2. The average Bonchev–Trinajstić information content (AvgIpc) is 2.56. The lowest BCUT2D eigenvalue weighted by Crippen LogP contribution is -2.54. The van der Waals surface area contributed by atoms with Crippen LogP contribution in [0.3, 0.4) is 0 Å². The Morgan fingerprint density at radius 1 is 1.04 bits per heavy atom. The molecular formula is C21H25NO2S. The molecule has 132 valence electrons. The Balaban J connectivity index is 1.72. The van der Waals surface area contributed by atoms with E-state index in [0.29, 0.717) is 11.4 Å². The van der Waals surface area contributed by atoms with Gasteiger partial charge in [0, 0.05) is 12.6 Å². The second-order valence-electron chi connectivity index (χ2n) is 7.96. The molecule has 2 bridgehead atoms. The van der Waals surface area contributed by atoms with Gasteiger partial charge in [0.15, 0.2) is 0 Å². The molecule has 1 heterocycles. The maximum atomic E-state index is 13.2. The fraction of sp³-hybridized carbons (Fsp3) is 0.429. The number of rotatable bonds is 2. The molecule has 2 aliphatic rings. The monoisotopic (exact) mass is 355 g/mol. The molecule has 0 radical (unpaired) electrons. The molecule has 2 aromatic rings. The summed E-state index contributed by atoms with van der Waals surface area (Å²) in [6.45, 7) is 7.01. The highest BCUT2D eigenvalue weighted by molar-refractivity contribution is 7.89. The van der Waals surface area contributed by atoms with Crippen LogP contribution in [-0.2, 0) is 21.9 Å². The Kier molecular flexibility index (Phi) is 3.82. The molecule has 0 spiro atoms. The van der Waals surface area contributed by atoms with Crippen LogP contribution in [0.4, 0.5) is 0 Å². The lowest BCUT2D eigenvalue weighted by molar-refractivity contribution is 0.161. The van der Waals surface area contributed by atoms with Crippen LogP contribution in [0.2, 0.25) is 0 Å². The van der Waals surface area contributed by atoms with Gasteiger partial charge in [0.1, 0.15) is 0 Å². The smallest absolute Gasteiger partial charge is 0.207 e. The summed E-state index contributed by atoms with van der Waals surface area (Å²) < 4.78 is 28.1. The minimum atomic E-state index is -3.43. The molecule has 0 N–H and O–H groups in total. The van der Waals surface area contributed by atoms with Crippen LogP contribution in [-0.4, -0.2) is 25.3 Å². The number of aryl methyl sites for hydroxylation is 2. The molecule has 0 unspecified atom stereocenters. The number of sulfonamides is 1. The van der Waals surface area contributed by atoms with Crippen LogP contribution in [0, 0.1) is 13.8 Å². The summed E-state index contributed by atoms with van der Waals surface area (Å²) in [5, 5.41) is 0. The number of benzene rings is 2. The van der Waals surface area contributed by atoms with E-state index in [1.165, 1.54) is 16.7 Å². The van der Waals surface area contributed by atoms with Gasteiger partial charge in [0.2, 0.25) is 10.0 Å². The molecule has 4 heteroatoms. The normalized spacial score (nSPS) is 26.3. The van der Waals surface area contributed by atoms with Crippen LogP contribution in [0.15, 0.2) is 47.4 Å². The summed E-state index contributed by atoms with van der Waals surface area (Å²) in [6.07, 6.45) is 2.61. The van der Waals surface area contributed by atoms with E-state index in [0.717, 1.165) is 24.8 Å². The zero-order valence-electron chi connectivity index (χ0n) is 15.1. The number of hydrogen-bond acceptors (Lipinski definition) is 2. The highest BCUT2D eigenvalue weighted by Gasteiger charge is 2.46. The van der Waals surface area contributed by atoms with Crippen molar-refractivity contribution in [2.45, 2.75) is 56.4 Å². The average molecular weight is 356 g/mol. The summed E-state index contributed by atoms with van der Waals surface area (Å²) in [4.78, 5) is 0.413. The Bertz CT molecular complexity index is 917. The Morgan fingerprint density at radius 3 is 2.44 bits per heavy atom. The van der Waals surface area contributed by atoms with Crippen LogP contribution in [0.1, 0.15) is 42.0 Å².